The maximum absolute atomic E-state index is 12.1. The highest BCUT2D eigenvalue weighted by Crippen LogP contribution is 2.56. The first-order valence-electron chi connectivity index (χ1n) is 5.99. The molecule has 0 radical (unpaired) electrons. The zero-order valence-corrected chi connectivity index (χ0v) is 10.3. The van der Waals surface area contributed by atoms with E-state index < -0.39 is 0 Å². The summed E-state index contributed by atoms with van der Waals surface area (Å²) >= 11 is 5.78. The van der Waals surface area contributed by atoms with Gasteiger partial charge in [-0.15, -0.1) is 11.6 Å². The van der Waals surface area contributed by atoms with Crippen LogP contribution < -0.4 is 0 Å². The Labute approximate surface area is 97.0 Å². The Morgan fingerprint density at radius 3 is 2.40 bits per heavy atom. The molecule has 0 bridgehead atoms. The van der Waals surface area contributed by atoms with Gasteiger partial charge >= 0.3 is 0 Å². The molecule has 0 heterocycles. The van der Waals surface area contributed by atoms with Crippen LogP contribution >= 0.6 is 11.6 Å². The second kappa shape index (κ2) is 4.32. The van der Waals surface area contributed by atoms with E-state index in [0.29, 0.717) is 29.5 Å². The first kappa shape index (κ1) is 11.3. The van der Waals surface area contributed by atoms with Gasteiger partial charge in [-0.3, -0.25) is 4.79 Å². The lowest BCUT2D eigenvalue weighted by Crippen LogP contribution is -2.37. The van der Waals surface area contributed by atoms with Crippen LogP contribution in [0.2, 0.25) is 0 Å². The van der Waals surface area contributed by atoms with E-state index in [2.05, 4.69) is 0 Å². The fraction of sp³-hybridized carbons (Fsp3) is 0.917. The van der Waals surface area contributed by atoms with Gasteiger partial charge in [0.25, 0.3) is 0 Å². The molecular formula is C12H20ClNO. The van der Waals surface area contributed by atoms with E-state index in [1.807, 2.05) is 18.9 Å². The molecule has 86 valence electrons. The number of nitrogens with zero attached hydrogens (tertiary/aromatic N) is 1. The summed E-state index contributed by atoms with van der Waals surface area (Å²) in [5.74, 6) is 2.61. The number of carbonyl (C=O) groups excluding carboxylic acids is 1. The SMILES string of the molecule is CC(CCl)N(C)C(=O)C1C2CCCCC21. The van der Waals surface area contributed by atoms with Gasteiger partial charge in [-0.2, -0.15) is 0 Å². The summed E-state index contributed by atoms with van der Waals surface area (Å²) in [4.78, 5) is 14.0. The lowest BCUT2D eigenvalue weighted by atomic mass is 10.0. The van der Waals surface area contributed by atoms with Crippen molar-refractivity contribution < 1.29 is 4.79 Å². The fourth-order valence-corrected chi connectivity index (χ4v) is 3.12. The molecule has 3 heteroatoms. The van der Waals surface area contributed by atoms with Crippen LogP contribution in [0.25, 0.3) is 0 Å². The van der Waals surface area contributed by atoms with Gasteiger partial charge in [0.1, 0.15) is 0 Å². The predicted molar refractivity (Wildman–Crippen MR) is 61.9 cm³/mol. The van der Waals surface area contributed by atoms with Gasteiger partial charge in [0, 0.05) is 24.9 Å². The molecule has 3 atom stereocenters. The van der Waals surface area contributed by atoms with Crippen molar-refractivity contribution >= 4 is 17.5 Å². The molecule has 0 aromatic rings. The fourth-order valence-electron chi connectivity index (χ4n) is 2.91. The minimum atomic E-state index is 0.168. The lowest BCUT2D eigenvalue weighted by molar-refractivity contribution is -0.133. The molecular weight excluding hydrogens is 210 g/mol. The molecule has 2 rings (SSSR count). The molecule has 3 unspecified atom stereocenters. The topological polar surface area (TPSA) is 20.3 Å². The first-order chi connectivity index (χ1) is 7.16. The van der Waals surface area contributed by atoms with E-state index in [0.717, 1.165) is 0 Å². The molecule has 1 amide bonds. The summed E-state index contributed by atoms with van der Waals surface area (Å²) in [6.45, 7) is 2.01. The Bertz CT molecular complexity index is 244. The molecule has 0 N–H and O–H groups in total. The molecule has 2 aliphatic carbocycles. The maximum Gasteiger partial charge on any atom is 0.226 e. The monoisotopic (exact) mass is 229 g/mol. The zero-order valence-electron chi connectivity index (χ0n) is 9.58. The molecule has 2 fully saturated rings. The quantitative estimate of drug-likeness (QED) is 0.681. The Balaban J connectivity index is 1.92. The number of fused-ring (bicyclic) bond motifs is 1. The Kier molecular flexibility index (Phi) is 3.24. The third-order valence-corrected chi connectivity index (χ3v) is 4.62. The van der Waals surface area contributed by atoms with Crippen molar-refractivity contribution in [3.05, 3.63) is 0 Å². The second-order valence-electron chi connectivity index (χ2n) is 5.09. The molecule has 0 spiro atoms. The lowest BCUT2D eigenvalue weighted by Gasteiger charge is -2.23. The molecule has 0 aromatic heterocycles. The van der Waals surface area contributed by atoms with Gasteiger partial charge in [-0.05, 0) is 31.6 Å². The number of halogens is 1. The van der Waals surface area contributed by atoms with E-state index in [9.17, 15) is 4.79 Å². The largest absolute Gasteiger partial charge is 0.342 e. The number of hydrogen-bond donors (Lipinski definition) is 0. The average molecular weight is 230 g/mol. The van der Waals surface area contributed by atoms with Gasteiger partial charge in [0.15, 0.2) is 0 Å². The second-order valence-corrected chi connectivity index (χ2v) is 5.40. The van der Waals surface area contributed by atoms with Gasteiger partial charge in [-0.1, -0.05) is 12.8 Å². The van der Waals surface area contributed by atoms with Crippen molar-refractivity contribution in [3.63, 3.8) is 0 Å². The van der Waals surface area contributed by atoms with Gasteiger partial charge in [0.05, 0.1) is 0 Å². The molecule has 2 aliphatic rings. The summed E-state index contributed by atoms with van der Waals surface area (Å²) < 4.78 is 0. The first-order valence-corrected chi connectivity index (χ1v) is 6.53. The number of rotatable bonds is 3. The average Bonchev–Trinajstić information content (AvgIpc) is 3.00. The number of amides is 1. The summed E-state index contributed by atoms with van der Waals surface area (Å²) in [6.07, 6.45) is 5.17. The summed E-state index contributed by atoms with van der Waals surface area (Å²) in [7, 11) is 1.89. The van der Waals surface area contributed by atoms with Gasteiger partial charge in [-0.25, -0.2) is 0 Å². The molecule has 15 heavy (non-hydrogen) atoms. The third kappa shape index (κ3) is 2.01. The van der Waals surface area contributed by atoms with Crippen molar-refractivity contribution in [2.24, 2.45) is 17.8 Å². The molecule has 2 saturated carbocycles. The minimum Gasteiger partial charge on any atom is -0.342 e. The standard InChI is InChI=1S/C12H20ClNO/c1-8(7-13)14(2)12(15)11-9-5-3-4-6-10(9)11/h8-11H,3-7H2,1-2H3. The molecule has 2 nitrogen and oxygen atoms in total. The van der Waals surface area contributed by atoms with E-state index in [1.54, 1.807) is 0 Å². The van der Waals surface area contributed by atoms with Crippen molar-refractivity contribution in [1.29, 1.82) is 0 Å². The molecule has 0 aliphatic heterocycles. The highest BCUT2D eigenvalue weighted by Gasteiger charge is 2.55. The van der Waals surface area contributed by atoms with E-state index in [-0.39, 0.29) is 6.04 Å². The maximum atomic E-state index is 12.1. The summed E-state index contributed by atoms with van der Waals surface area (Å²) in [6, 6.07) is 0.168. The zero-order chi connectivity index (χ0) is 11.0. The van der Waals surface area contributed by atoms with Gasteiger partial charge < -0.3 is 4.90 Å². The summed E-state index contributed by atoms with van der Waals surface area (Å²) in [5.41, 5.74) is 0. The normalized spacial score (nSPS) is 35.5. The van der Waals surface area contributed by atoms with Crippen molar-refractivity contribution in [3.8, 4) is 0 Å². The number of alkyl halides is 1. The van der Waals surface area contributed by atoms with Crippen molar-refractivity contribution in [2.45, 2.75) is 38.6 Å². The van der Waals surface area contributed by atoms with Crippen LogP contribution in [0.4, 0.5) is 0 Å². The number of carbonyl (C=O) groups is 1. The number of hydrogen-bond acceptors (Lipinski definition) is 1. The highest BCUT2D eigenvalue weighted by molar-refractivity contribution is 6.18. The molecule has 0 saturated heterocycles. The van der Waals surface area contributed by atoms with Crippen LogP contribution in [0.5, 0.6) is 0 Å². The molecule has 0 aromatic carbocycles. The predicted octanol–water partition coefficient (Wildman–Crippen LogP) is 2.51. The van der Waals surface area contributed by atoms with E-state index in [4.69, 9.17) is 11.6 Å². The Morgan fingerprint density at radius 1 is 1.40 bits per heavy atom. The Hall–Kier alpha value is -0.240. The van der Waals surface area contributed by atoms with Crippen molar-refractivity contribution in [1.82, 2.24) is 4.90 Å². The van der Waals surface area contributed by atoms with Crippen LogP contribution in [0.3, 0.4) is 0 Å². The Morgan fingerprint density at radius 2 is 1.93 bits per heavy atom. The highest BCUT2D eigenvalue weighted by atomic mass is 35.5. The third-order valence-electron chi connectivity index (χ3n) is 4.17. The van der Waals surface area contributed by atoms with Crippen molar-refractivity contribution in [2.75, 3.05) is 12.9 Å². The van der Waals surface area contributed by atoms with Crippen LogP contribution in [-0.4, -0.2) is 29.8 Å². The van der Waals surface area contributed by atoms with Gasteiger partial charge in [0.2, 0.25) is 5.91 Å². The van der Waals surface area contributed by atoms with Crippen LogP contribution in [0.15, 0.2) is 0 Å². The smallest absolute Gasteiger partial charge is 0.226 e. The van der Waals surface area contributed by atoms with E-state index in [1.165, 1.54) is 25.7 Å². The minimum absolute atomic E-state index is 0.168. The van der Waals surface area contributed by atoms with E-state index >= 15 is 0 Å². The van der Waals surface area contributed by atoms with Crippen LogP contribution in [0.1, 0.15) is 32.6 Å². The van der Waals surface area contributed by atoms with Crippen LogP contribution in [0, 0.1) is 17.8 Å². The van der Waals surface area contributed by atoms with Crippen LogP contribution in [-0.2, 0) is 4.79 Å². The summed E-state index contributed by atoms with van der Waals surface area (Å²) in [5, 5.41) is 0.